The van der Waals surface area contributed by atoms with E-state index < -0.39 is 34.3 Å². The number of benzene rings is 4. The zero-order chi connectivity index (χ0) is 32.4. The van der Waals surface area contributed by atoms with Gasteiger partial charge in [0.05, 0.1) is 17.7 Å². The minimum Gasteiger partial charge on any atom is -0.497 e. The number of ether oxygens (including phenoxy) is 1. The van der Waals surface area contributed by atoms with Crippen LogP contribution in [0.4, 0.5) is 10.1 Å². The van der Waals surface area contributed by atoms with E-state index in [0.717, 1.165) is 9.87 Å². The second-order valence-corrected chi connectivity index (χ2v) is 12.9. The molecule has 0 aliphatic rings. The first-order valence-electron chi connectivity index (χ1n) is 14.7. The molecule has 8 nitrogen and oxygen atoms in total. The Labute approximate surface area is 264 Å². The molecule has 45 heavy (non-hydrogen) atoms. The maximum absolute atomic E-state index is 14.4. The number of nitrogens with zero attached hydrogens (tertiary/aromatic N) is 2. The van der Waals surface area contributed by atoms with E-state index in [1.807, 2.05) is 44.2 Å². The van der Waals surface area contributed by atoms with Crippen LogP contribution in [0.15, 0.2) is 114 Å². The molecule has 0 heterocycles. The fraction of sp³-hybridized carbons (Fsp3) is 0.257. The first kappa shape index (κ1) is 33.2. The van der Waals surface area contributed by atoms with Crippen molar-refractivity contribution in [3.63, 3.8) is 0 Å². The van der Waals surface area contributed by atoms with E-state index in [0.29, 0.717) is 17.9 Å². The standard InChI is InChI=1S/C35H38FN3O5S/c1-26(2)23-37-35(41)33(22-27-10-6-4-7-11-27)38(24-28-14-16-29(36)17-15-28)34(40)25-39(30-12-8-5-9-13-30)45(42,43)32-20-18-31(44-3)19-21-32/h4-21,26,33H,22-25H2,1-3H3,(H,37,41)/t33-/m1/s1. The maximum Gasteiger partial charge on any atom is 0.264 e. The highest BCUT2D eigenvalue weighted by atomic mass is 32.2. The average molecular weight is 632 g/mol. The van der Waals surface area contributed by atoms with Crippen LogP contribution in [0.2, 0.25) is 0 Å². The molecular formula is C35H38FN3O5S. The first-order chi connectivity index (χ1) is 21.6. The Kier molecular flexibility index (Phi) is 11.3. The molecule has 0 aromatic heterocycles. The SMILES string of the molecule is COc1ccc(S(=O)(=O)N(CC(=O)N(Cc2ccc(F)cc2)[C@H](Cc2ccccc2)C(=O)NCC(C)C)c2ccccc2)cc1. The molecule has 4 rings (SSSR count). The van der Waals surface area contributed by atoms with Crippen LogP contribution in [-0.2, 0) is 32.6 Å². The molecule has 0 spiro atoms. The van der Waals surface area contributed by atoms with Gasteiger partial charge in [0, 0.05) is 19.5 Å². The predicted molar refractivity (Wildman–Crippen MR) is 173 cm³/mol. The highest BCUT2D eigenvalue weighted by molar-refractivity contribution is 7.92. The molecular weight excluding hydrogens is 593 g/mol. The van der Waals surface area contributed by atoms with Crippen LogP contribution in [0.5, 0.6) is 5.75 Å². The van der Waals surface area contributed by atoms with Crippen molar-refractivity contribution in [2.24, 2.45) is 5.92 Å². The molecule has 0 unspecified atom stereocenters. The Morgan fingerprint density at radius 1 is 0.822 bits per heavy atom. The number of nitrogens with one attached hydrogen (secondary N) is 1. The van der Waals surface area contributed by atoms with Crippen LogP contribution in [0.3, 0.4) is 0 Å². The van der Waals surface area contributed by atoms with Crippen molar-refractivity contribution in [2.75, 3.05) is 24.5 Å². The molecule has 0 saturated carbocycles. The van der Waals surface area contributed by atoms with Crippen molar-refractivity contribution >= 4 is 27.5 Å². The van der Waals surface area contributed by atoms with Gasteiger partial charge in [-0.3, -0.25) is 13.9 Å². The summed E-state index contributed by atoms with van der Waals surface area (Å²) in [6.45, 7) is 3.70. The molecule has 4 aromatic rings. The van der Waals surface area contributed by atoms with Gasteiger partial charge in [0.25, 0.3) is 10.0 Å². The molecule has 0 aliphatic heterocycles. The van der Waals surface area contributed by atoms with Crippen molar-refractivity contribution < 1.29 is 27.1 Å². The minimum absolute atomic E-state index is 0.0273. The number of carbonyl (C=O) groups excluding carboxylic acids is 2. The largest absolute Gasteiger partial charge is 0.497 e. The number of rotatable bonds is 14. The lowest BCUT2D eigenvalue weighted by Gasteiger charge is -2.34. The van der Waals surface area contributed by atoms with Crippen molar-refractivity contribution in [2.45, 2.75) is 37.8 Å². The lowest BCUT2D eigenvalue weighted by atomic mass is 10.0. The summed E-state index contributed by atoms with van der Waals surface area (Å²) in [6, 6.07) is 28.2. The molecule has 0 aliphatic carbocycles. The summed E-state index contributed by atoms with van der Waals surface area (Å²) in [4.78, 5) is 29.5. The van der Waals surface area contributed by atoms with Crippen LogP contribution in [0.25, 0.3) is 0 Å². The second kappa shape index (κ2) is 15.3. The molecule has 10 heteroatoms. The Bertz CT molecular complexity index is 1650. The van der Waals surface area contributed by atoms with E-state index in [1.54, 1.807) is 42.5 Å². The van der Waals surface area contributed by atoms with Crippen molar-refractivity contribution in [1.29, 1.82) is 0 Å². The molecule has 0 saturated heterocycles. The molecule has 4 aromatic carbocycles. The summed E-state index contributed by atoms with van der Waals surface area (Å²) in [5, 5.41) is 2.95. The zero-order valence-electron chi connectivity index (χ0n) is 25.6. The van der Waals surface area contributed by atoms with Gasteiger partial charge in [-0.15, -0.1) is 0 Å². The van der Waals surface area contributed by atoms with Crippen LogP contribution in [0, 0.1) is 11.7 Å². The Hall–Kier alpha value is -4.70. The second-order valence-electron chi connectivity index (χ2n) is 11.0. The van der Waals surface area contributed by atoms with E-state index >= 15 is 0 Å². The number of anilines is 1. The minimum atomic E-state index is -4.23. The summed E-state index contributed by atoms with van der Waals surface area (Å²) in [5.74, 6) is -0.755. The van der Waals surface area contributed by atoms with Gasteiger partial charge in [-0.25, -0.2) is 12.8 Å². The summed E-state index contributed by atoms with van der Waals surface area (Å²) >= 11 is 0. The number of para-hydroxylation sites is 1. The fourth-order valence-electron chi connectivity index (χ4n) is 4.76. The van der Waals surface area contributed by atoms with E-state index in [4.69, 9.17) is 4.74 Å². The van der Waals surface area contributed by atoms with Crippen molar-refractivity contribution in [3.8, 4) is 5.75 Å². The van der Waals surface area contributed by atoms with Gasteiger partial charge in [0.2, 0.25) is 11.8 Å². The predicted octanol–water partition coefficient (Wildman–Crippen LogP) is 5.44. The van der Waals surface area contributed by atoms with Gasteiger partial charge in [-0.2, -0.15) is 0 Å². The van der Waals surface area contributed by atoms with Gasteiger partial charge in [-0.1, -0.05) is 74.5 Å². The van der Waals surface area contributed by atoms with Gasteiger partial charge in [0.15, 0.2) is 0 Å². The molecule has 0 bridgehead atoms. The molecule has 0 fully saturated rings. The number of sulfonamides is 1. The third-order valence-electron chi connectivity index (χ3n) is 7.19. The third kappa shape index (κ3) is 8.92. The summed E-state index contributed by atoms with van der Waals surface area (Å²) < 4.78 is 48.1. The van der Waals surface area contributed by atoms with Crippen molar-refractivity contribution in [3.05, 3.63) is 126 Å². The maximum atomic E-state index is 14.4. The van der Waals surface area contributed by atoms with Crippen LogP contribution in [0.1, 0.15) is 25.0 Å². The van der Waals surface area contributed by atoms with Crippen LogP contribution >= 0.6 is 0 Å². The number of methoxy groups -OCH3 is 1. The number of amides is 2. The van der Waals surface area contributed by atoms with E-state index in [-0.39, 0.29) is 35.4 Å². The smallest absolute Gasteiger partial charge is 0.264 e. The number of halogens is 1. The zero-order valence-corrected chi connectivity index (χ0v) is 26.4. The topological polar surface area (TPSA) is 96.0 Å². The van der Waals surface area contributed by atoms with Gasteiger partial charge in [-0.05, 0) is 65.6 Å². The highest BCUT2D eigenvalue weighted by Crippen LogP contribution is 2.26. The van der Waals surface area contributed by atoms with Crippen LogP contribution in [-0.4, -0.2) is 51.4 Å². The fourth-order valence-corrected chi connectivity index (χ4v) is 6.18. The quantitative estimate of drug-likeness (QED) is 0.200. The number of carbonyl (C=O) groups is 2. The van der Waals surface area contributed by atoms with Crippen LogP contribution < -0.4 is 14.4 Å². The molecule has 0 radical (unpaired) electrons. The summed E-state index contributed by atoms with van der Waals surface area (Å²) in [7, 11) is -2.75. The average Bonchev–Trinajstić information content (AvgIpc) is 3.05. The lowest BCUT2D eigenvalue weighted by Crippen LogP contribution is -2.53. The van der Waals surface area contributed by atoms with Crippen molar-refractivity contribution in [1.82, 2.24) is 10.2 Å². The highest BCUT2D eigenvalue weighted by Gasteiger charge is 2.34. The Morgan fingerprint density at radius 2 is 1.42 bits per heavy atom. The number of hydrogen-bond acceptors (Lipinski definition) is 5. The summed E-state index contributed by atoms with van der Waals surface area (Å²) in [6.07, 6.45) is 0.189. The monoisotopic (exact) mass is 631 g/mol. The van der Waals surface area contributed by atoms with E-state index in [1.165, 1.54) is 48.4 Å². The molecule has 2 amide bonds. The van der Waals surface area contributed by atoms with Gasteiger partial charge >= 0.3 is 0 Å². The molecule has 1 N–H and O–H groups in total. The first-order valence-corrected chi connectivity index (χ1v) is 16.1. The number of hydrogen-bond donors (Lipinski definition) is 1. The normalized spacial score (nSPS) is 11.9. The van der Waals surface area contributed by atoms with Gasteiger partial charge in [0.1, 0.15) is 24.2 Å². The Morgan fingerprint density at radius 3 is 2.00 bits per heavy atom. The lowest BCUT2D eigenvalue weighted by molar-refractivity contribution is -0.140. The third-order valence-corrected chi connectivity index (χ3v) is 8.98. The van der Waals surface area contributed by atoms with Gasteiger partial charge < -0.3 is 15.0 Å². The summed E-state index contributed by atoms with van der Waals surface area (Å²) in [5.41, 5.74) is 1.70. The van der Waals surface area contributed by atoms with E-state index in [2.05, 4.69) is 5.32 Å². The molecule has 1 atom stereocenters. The molecule has 236 valence electrons. The van der Waals surface area contributed by atoms with E-state index in [9.17, 15) is 22.4 Å². The Balaban J connectivity index is 1.77.